The van der Waals surface area contributed by atoms with E-state index in [4.69, 9.17) is 4.74 Å². The number of hydrogen-bond donors (Lipinski definition) is 0. The monoisotopic (exact) mass is 282 g/mol. The highest BCUT2D eigenvalue weighted by molar-refractivity contribution is 5.76. The van der Waals surface area contributed by atoms with Crippen molar-refractivity contribution in [3.05, 3.63) is 41.6 Å². The SMILES string of the molecule is CC(=O)N1C=C(C#N)C2c3ccccc3OCC2C1(C)C. The Hall–Kier alpha value is -2.28. The summed E-state index contributed by atoms with van der Waals surface area (Å²) in [4.78, 5) is 13.6. The van der Waals surface area contributed by atoms with Gasteiger partial charge in [-0.2, -0.15) is 5.26 Å². The number of rotatable bonds is 0. The van der Waals surface area contributed by atoms with E-state index in [1.54, 1.807) is 11.1 Å². The lowest BCUT2D eigenvalue weighted by molar-refractivity contribution is -0.133. The molecular formula is C17H18N2O2. The second-order valence-corrected chi connectivity index (χ2v) is 6.17. The highest BCUT2D eigenvalue weighted by Gasteiger charge is 2.49. The molecule has 21 heavy (non-hydrogen) atoms. The molecular weight excluding hydrogens is 264 g/mol. The molecule has 4 heteroatoms. The number of nitrogens with zero attached hydrogens (tertiary/aromatic N) is 2. The summed E-state index contributed by atoms with van der Waals surface area (Å²) >= 11 is 0. The normalized spacial score (nSPS) is 25.8. The zero-order valence-electron chi connectivity index (χ0n) is 12.5. The number of hydrogen-bond acceptors (Lipinski definition) is 3. The lowest BCUT2D eigenvalue weighted by Gasteiger charge is -2.50. The first-order chi connectivity index (χ1) is 9.96. The fraction of sp³-hybridized carbons (Fsp3) is 0.412. The van der Waals surface area contributed by atoms with E-state index in [-0.39, 0.29) is 23.3 Å². The molecule has 0 spiro atoms. The van der Waals surface area contributed by atoms with Crippen molar-refractivity contribution in [1.29, 1.82) is 5.26 Å². The minimum Gasteiger partial charge on any atom is -0.493 e. The molecule has 2 atom stereocenters. The number of para-hydroxylation sites is 1. The zero-order valence-corrected chi connectivity index (χ0v) is 12.5. The molecule has 2 unspecified atom stereocenters. The maximum absolute atomic E-state index is 11.9. The van der Waals surface area contributed by atoms with Crippen molar-refractivity contribution >= 4 is 5.91 Å². The van der Waals surface area contributed by atoms with E-state index in [9.17, 15) is 10.1 Å². The van der Waals surface area contributed by atoms with Crippen molar-refractivity contribution in [1.82, 2.24) is 4.90 Å². The van der Waals surface area contributed by atoms with Crippen LogP contribution >= 0.6 is 0 Å². The van der Waals surface area contributed by atoms with Crippen molar-refractivity contribution < 1.29 is 9.53 Å². The number of allylic oxidation sites excluding steroid dienone is 1. The van der Waals surface area contributed by atoms with Gasteiger partial charge in [-0.1, -0.05) is 18.2 Å². The standard InChI is InChI=1S/C17H18N2O2/c1-11(20)19-9-12(8-18)16-13-6-4-5-7-15(13)21-10-14(16)17(19,2)3/h4-7,9,14,16H,10H2,1-3H3. The van der Waals surface area contributed by atoms with Gasteiger partial charge in [0, 0.05) is 36.1 Å². The van der Waals surface area contributed by atoms with Crippen molar-refractivity contribution in [2.45, 2.75) is 32.2 Å². The van der Waals surface area contributed by atoms with Crippen molar-refractivity contribution in [2.75, 3.05) is 6.61 Å². The summed E-state index contributed by atoms with van der Waals surface area (Å²) < 4.78 is 5.87. The van der Waals surface area contributed by atoms with Gasteiger partial charge in [-0.3, -0.25) is 4.79 Å². The summed E-state index contributed by atoms with van der Waals surface area (Å²) in [5, 5.41) is 9.53. The molecule has 0 radical (unpaired) electrons. The van der Waals surface area contributed by atoms with E-state index < -0.39 is 0 Å². The fourth-order valence-corrected chi connectivity index (χ4v) is 3.52. The van der Waals surface area contributed by atoms with E-state index in [0.717, 1.165) is 11.3 Å². The Morgan fingerprint density at radius 3 is 2.81 bits per heavy atom. The predicted octanol–water partition coefficient (Wildman–Crippen LogP) is 2.83. The number of nitriles is 1. The van der Waals surface area contributed by atoms with Crippen molar-refractivity contribution in [3.8, 4) is 11.8 Å². The van der Waals surface area contributed by atoms with E-state index in [0.29, 0.717) is 12.2 Å². The molecule has 0 bridgehead atoms. The Morgan fingerprint density at radius 1 is 1.43 bits per heavy atom. The molecule has 1 aromatic rings. The Balaban J connectivity index is 2.19. The average molecular weight is 282 g/mol. The van der Waals surface area contributed by atoms with Gasteiger partial charge in [0.05, 0.1) is 18.2 Å². The maximum Gasteiger partial charge on any atom is 0.223 e. The number of carbonyl (C=O) groups is 1. The molecule has 1 amide bonds. The highest BCUT2D eigenvalue weighted by Crippen LogP contribution is 2.49. The molecule has 2 heterocycles. The van der Waals surface area contributed by atoms with Gasteiger partial charge < -0.3 is 9.64 Å². The molecule has 4 nitrogen and oxygen atoms in total. The second kappa shape index (κ2) is 4.63. The average Bonchev–Trinajstić information content (AvgIpc) is 2.46. The first-order valence-corrected chi connectivity index (χ1v) is 7.10. The van der Waals surface area contributed by atoms with E-state index in [1.165, 1.54) is 6.92 Å². The predicted molar refractivity (Wildman–Crippen MR) is 78.5 cm³/mol. The summed E-state index contributed by atoms with van der Waals surface area (Å²) in [6, 6.07) is 10.1. The zero-order chi connectivity index (χ0) is 15.2. The van der Waals surface area contributed by atoms with Gasteiger partial charge in [0.25, 0.3) is 0 Å². The topological polar surface area (TPSA) is 53.3 Å². The lowest BCUT2D eigenvalue weighted by Crippen LogP contribution is -2.56. The minimum atomic E-state index is -0.385. The van der Waals surface area contributed by atoms with E-state index >= 15 is 0 Å². The van der Waals surface area contributed by atoms with Crippen LogP contribution in [0.25, 0.3) is 0 Å². The number of ether oxygens (including phenoxy) is 1. The van der Waals surface area contributed by atoms with Gasteiger partial charge >= 0.3 is 0 Å². The van der Waals surface area contributed by atoms with Crippen LogP contribution in [0.2, 0.25) is 0 Å². The molecule has 2 aliphatic heterocycles. The highest BCUT2D eigenvalue weighted by atomic mass is 16.5. The van der Waals surface area contributed by atoms with Crippen molar-refractivity contribution in [3.63, 3.8) is 0 Å². The molecule has 0 N–H and O–H groups in total. The minimum absolute atomic E-state index is 0.00875. The summed E-state index contributed by atoms with van der Waals surface area (Å²) in [5.74, 6) is 0.846. The first-order valence-electron chi connectivity index (χ1n) is 7.10. The summed E-state index contributed by atoms with van der Waals surface area (Å²) in [5.41, 5.74) is 1.28. The molecule has 0 fully saturated rings. The van der Waals surface area contributed by atoms with Crippen LogP contribution in [0.5, 0.6) is 5.75 Å². The van der Waals surface area contributed by atoms with Gasteiger partial charge in [-0.05, 0) is 19.9 Å². The van der Waals surface area contributed by atoms with Gasteiger partial charge in [-0.25, -0.2) is 0 Å². The third-order valence-electron chi connectivity index (χ3n) is 4.67. The molecule has 0 aliphatic carbocycles. The van der Waals surface area contributed by atoms with E-state index in [1.807, 2.05) is 38.1 Å². The smallest absolute Gasteiger partial charge is 0.223 e. The third-order valence-corrected chi connectivity index (χ3v) is 4.67. The summed E-state index contributed by atoms with van der Waals surface area (Å²) in [6.45, 7) is 6.12. The molecule has 3 rings (SSSR count). The number of amides is 1. The molecule has 108 valence electrons. The van der Waals surface area contributed by atoms with E-state index in [2.05, 4.69) is 6.07 Å². The van der Waals surface area contributed by atoms with Crippen LogP contribution < -0.4 is 4.74 Å². The number of fused-ring (bicyclic) bond motifs is 3. The number of carbonyl (C=O) groups excluding carboxylic acids is 1. The van der Waals surface area contributed by atoms with Crippen LogP contribution in [0, 0.1) is 17.2 Å². The largest absolute Gasteiger partial charge is 0.493 e. The molecule has 1 aromatic carbocycles. The summed E-state index contributed by atoms with van der Waals surface area (Å²) in [7, 11) is 0. The molecule has 0 aromatic heterocycles. The van der Waals surface area contributed by atoms with Crippen LogP contribution in [-0.4, -0.2) is 23.0 Å². The van der Waals surface area contributed by atoms with Crippen LogP contribution in [0.4, 0.5) is 0 Å². The van der Waals surface area contributed by atoms with Crippen LogP contribution in [0.1, 0.15) is 32.3 Å². The van der Waals surface area contributed by atoms with Crippen LogP contribution in [0.15, 0.2) is 36.0 Å². The fourth-order valence-electron chi connectivity index (χ4n) is 3.52. The number of benzene rings is 1. The Labute approximate surface area is 124 Å². The maximum atomic E-state index is 11.9. The quantitative estimate of drug-likeness (QED) is 0.735. The second-order valence-electron chi connectivity index (χ2n) is 6.17. The Kier molecular flexibility index (Phi) is 3.02. The van der Waals surface area contributed by atoms with Crippen molar-refractivity contribution in [2.24, 2.45) is 5.92 Å². The van der Waals surface area contributed by atoms with Gasteiger partial charge in [0.15, 0.2) is 0 Å². The van der Waals surface area contributed by atoms with Gasteiger partial charge in [0.2, 0.25) is 5.91 Å². The Morgan fingerprint density at radius 2 is 2.14 bits per heavy atom. The lowest BCUT2D eigenvalue weighted by atomic mass is 9.68. The molecule has 2 aliphatic rings. The van der Waals surface area contributed by atoms with Gasteiger partial charge in [0.1, 0.15) is 5.75 Å². The van der Waals surface area contributed by atoms with Crippen LogP contribution in [0.3, 0.4) is 0 Å². The van der Waals surface area contributed by atoms with Crippen LogP contribution in [-0.2, 0) is 4.79 Å². The first kappa shape index (κ1) is 13.7. The summed E-state index contributed by atoms with van der Waals surface area (Å²) in [6.07, 6.45) is 1.71. The molecule has 0 saturated heterocycles. The van der Waals surface area contributed by atoms with Gasteiger partial charge in [-0.15, -0.1) is 0 Å². The third kappa shape index (κ3) is 1.92. The Bertz CT molecular complexity index is 670. The molecule has 0 saturated carbocycles.